The number of hydrogen-bond donors (Lipinski definition) is 1. The summed E-state index contributed by atoms with van der Waals surface area (Å²) < 4.78 is 10.7. The lowest BCUT2D eigenvalue weighted by molar-refractivity contribution is -0.174. The van der Waals surface area contributed by atoms with E-state index in [1.807, 2.05) is 43.3 Å². The van der Waals surface area contributed by atoms with Gasteiger partial charge in [-0.05, 0) is 55.5 Å². The molecule has 1 N–H and O–H groups in total. The summed E-state index contributed by atoms with van der Waals surface area (Å²) in [4.78, 5) is 26.1. The molecule has 0 radical (unpaired) electrons. The zero-order valence-corrected chi connectivity index (χ0v) is 16.5. The van der Waals surface area contributed by atoms with E-state index in [0.717, 1.165) is 16.7 Å². The Morgan fingerprint density at radius 1 is 0.964 bits per heavy atom. The second kappa shape index (κ2) is 7.66. The van der Waals surface area contributed by atoms with Crippen LogP contribution < -0.4 is 0 Å². The van der Waals surface area contributed by atoms with Crippen LogP contribution in [0.2, 0.25) is 0 Å². The number of esters is 2. The van der Waals surface area contributed by atoms with Crippen LogP contribution in [0, 0.1) is 5.41 Å². The molecule has 2 aromatic carbocycles. The van der Waals surface area contributed by atoms with Gasteiger partial charge in [0, 0.05) is 5.41 Å². The summed E-state index contributed by atoms with van der Waals surface area (Å²) in [6.07, 6.45) is 0.480. The molecule has 5 nitrogen and oxygen atoms in total. The maximum absolute atomic E-state index is 13.1. The normalized spacial score (nSPS) is 20.1. The molecule has 0 fully saturated rings. The van der Waals surface area contributed by atoms with Crippen LogP contribution in [0.15, 0.2) is 48.5 Å². The van der Waals surface area contributed by atoms with E-state index < -0.39 is 22.8 Å². The minimum atomic E-state index is -1.41. The maximum atomic E-state index is 13.1. The standard InChI is InChI=1S/C23H26O5/c1-4-27-20(25)23(21(26)28-5-2)14-16-8-6-7-9-19(16)22(3,15-23)17-10-12-18(24)13-11-17/h6-13,24H,4-5,14-15H2,1-3H3. The molecular weight excluding hydrogens is 356 g/mol. The molecule has 0 bridgehead atoms. The number of phenolic OH excluding ortho intramolecular Hbond substituents is 1. The van der Waals surface area contributed by atoms with Gasteiger partial charge < -0.3 is 14.6 Å². The number of carbonyl (C=O) groups is 2. The Morgan fingerprint density at radius 2 is 1.54 bits per heavy atom. The first kappa shape index (κ1) is 19.9. The van der Waals surface area contributed by atoms with Crippen LogP contribution in [-0.4, -0.2) is 30.3 Å². The van der Waals surface area contributed by atoms with Gasteiger partial charge in [-0.3, -0.25) is 9.59 Å². The molecule has 5 heteroatoms. The summed E-state index contributed by atoms with van der Waals surface area (Å²) >= 11 is 0. The summed E-state index contributed by atoms with van der Waals surface area (Å²) in [6, 6.07) is 14.7. The summed E-state index contributed by atoms with van der Waals surface area (Å²) in [5.41, 5.74) is 0.862. The highest BCUT2D eigenvalue weighted by Gasteiger charge is 2.57. The minimum Gasteiger partial charge on any atom is -0.508 e. The van der Waals surface area contributed by atoms with Gasteiger partial charge in [0.05, 0.1) is 13.2 Å². The van der Waals surface area contributed by atoms with Gasteiger partial charge >= 0.3 is 11.9 Å². The van der Waals surface area contributed by atoms with E-state index in [1.54, 1.807) is 26.0 Å². The van der Waals surface area contributed by atoms with Gasteiger partial charge in [0.2, 0.25) is 0 Å². The number of phenols is 1. The minimum absolute atomic E-state index is 0.165. The van der Waals surface area contributed by atoms with Crippen LogP contribution in [-0.2, 0) is 30.9 Å². The molecule has 1 unspecified atom stereocenters. The van der Waals surface area contributed by atoms with Gasteiger partial charge in [0.25, 0.3) is 0 Å². The average molecular weight is 382 g/mol. The number of benzene rings is 2. The highest BCUT2D eigenvalue weighted by molar-refractivity contribution is 6.01. The lowest BCUT2D eigenvalue weighted by Crippen LogP contribution is -2.51. The monoisotopic (exact) mass is 382 g/mol. The van der Waals surface area contributed by atoms with E-state index in [9.17, 15) is 14.7 Å². The van der Waals surface area contributed by atoms with E-state index >= 15 is 0 Å². The number of aromatic hydroxyl groups is 1. The van der Waals surface area contributed by atoms with E-state index in [0.29, 0.717) is 0 Å². The highest BCUT2D eigenvalue weighted by Crippen LogP contribution is 2.51. The number of hydrogen-bond acceptors (Lipinski definition) is 5. The Morgan fingerprint density at radius 3 is 2.11 bits per heavy atom. The maximum Gasteiger partial charge on any atom is 0.323 e. The molecule has 148 valence electrons. The smallest absolute Gasteiger partial charge is 0.323 e. The van der Waals surface area contributed by atoms with E-state index in [-0.39, 0.29) is 31.8 Å². The Bertz CT molecular complexity index is 853. The van der Waals surface area contributed by atoms with Crippen LogP contribution >= 0.6 is 0 Å². The van der Waals surface area contributed by atoms with Gasteiger partial charge in [-0.25, -0.2) is 0 Å². The number of fused-ring (bicyclic) bond motifs is 1. The van der Waals surface area contributed by atoms with Crippen molar-refractivity contribution in [2.75, 3.05) is 13.2 Å². The zero-order chi connectivity index (χ0) is 20.4. The van der Waals surface area contributed by atoms with Gasteiger partial charge in [-0.15, -0.1) is 0 Å². The number of carbonyl (C=O) groups excluding carboxylic acids is 2. The van der Waals surface area contributed by atoms with E-state index in [1.165, 1.54) is 0 Å². The summed E-state index contributed by atoms with van der Waals surface area (Å²) in [5, 5.41) is 9.71. The molecule has 0 heterocycles. The lowest BCUT2D eigenvalue weighted by atomic mass is 9.58. The van der Waals surface area contributed by atoms with Crippen molar-refractivity contribution in [3.05, 3.63) is 65.2 Å². The van der Waals surface area contributed by atoms with E-state index in [4.69, 9.17) is 9.47 Å². The fourth-order valence-electron chi connectivity index (χ4n) is 4.30. The quantitative estimate of drug-likeness (QED) is 0.630. The van der Waals surface area contributed by atoms with Gasteiger partial charge in [0.1, 0.15) is 5.75 Å². The molecule has 0 saturated heterocycles. The second-order valence-electron chi connectivity index (χ2n) is 7.41. The van der Waals surface area contributed by atoms with Crippen LogP contribution in [0.1, 0.15) is 43.9 Å². The van der Waals surface area contributed by atoms with Crippen LogP contribution in [0.4, 0.5) is 0 Å². The molecular formula is C23H26O5. The number of rotatable bonds is 5. The molecule has 0 aromatic heterocycles. The zero-order valence-electron chi connectivity index (χ0n) is 16.5. The summed E-state index contributed by atoms with van der Waals surface area (Å²) in [7, 11) is 0. The van der Waals surface area contributed by atoms with Crippen molar-refractivity contribution in [2.45, 2.75) is 39.0 Å². The van der Waals surface area contributed by atoms with Crippen LogP contribution in [0.5, 0.6) is 5.75 Å². The first-order valence-corrected chi connectivity index (χ1v) is 9.59. The largest absolute Gasteiger partial charge is 0.508 e. The van der Waals surface area contributed by atoms with Gasteiger partial charge in [-0.1, -0.05) is 43.3 Å². The molecule has 0 amide bonds. The molecule has 1 aliphatic carbocycles. The third-order valence-corrected chi connectivity index (χ3v) is 5.60. The van der Waals surface area contributed by atoms with Crippen molar-refractivity contribution in [2.24, 2.45) is 5.41 Å². The molecule has 3 rings (SSSR count). The molecule has 1 aliphatic rings. The lowest BCUT2D eigenvalue weighted by Gasteiger charge is -2.44. The third kappa shape index (κ3) is 3.26. The second-order valence-corrected chi connectivity index (χ2v) is 7.41. The van der Waals surface area contributed by atoms with Crippen LogP contribution in [0.3, 0.4) is 0 Å². The fourth-order valence-corrected chi connectivity index (χ4v) is 4.30. The van der Waals surface area contributed by atoms with Crippen molar-refractivity contribution in [1.82, 2.24) is 0 Å². The Labute approximate surface area is 165 Å². The topological polar surface area (TPSA) is 72.8 Å². The van der Waals surface area contributed by atoms with Crippen LogP contribution in [0.25, 0.3) is 0 Å². The Hall–Kier alpha value is -2.82. The fraction of sp³-hybridized carbons (Fsp3) is 0.391. The number of ether oxygens (including phenoxy) is 2. The first-order valence-electron chi connectivity index (χ1n) is 9.59. The molecule has 0 saturated carbocycles. The summed E-state index contributed by atoms with van der Waals surface area (Å²) in [6.45, 7) is 5.86. The Balaban J connectivity index is 2.21. The van der Waals surface area contributed by atoms with Gasteiger partial charge in [-0.2, -0.15) is 0 Å². The van der Waals surface area contributed by atoms with Crippen molar-refractivity contribution >= 4 is 11.9 Å². The molecule has 0 aliphatic heterocycles. The van der Waals surface area contributed by atoms with Crippen molar-refractivity contribution in [3.63, 3.8) is 0 Å². The summed E-state index contributed by atoms with van der Waals surface area (Å²) in [5.74, 6) is -0.931. The highest BCUT2D eigenvalue weighted by atomic mass is 16.6. The van der Waals surface area contributed by atoms with E-state index in [2.05, 4.69) is 0 Å². The first-order chi connectivity index (χ1) is 13.4. The van der Waals surface area contributed by atoms with Crippen molar-refractivity contribution in [1.29, 1.82) is 0 Å². The average Bonchev–Trinajstić information content (AvgIpc) is 2.68. The van der Waals surface area contributed by atoms with Crippen molar-refractivity contribution < 1.29 is 24.2 Å². The molecule has 0 spiro atoms. The third-order valence-electron chi connectivity index (χ3n) is 5.60. The molecule has 28 heavy (non-hydrogen) atoms. The SMILES string of the molecule is CCOC(=O)C1(C(=O)OCC)Cc2ccccc2C(C)(c2ccc(O)cc2)C1. The predicted octanol–water partition coefficient (Wildman–Crippen LogP) is 3.76. The van der Waals surface area contributed by atoms with Gasteiger partial charge in [0.15, 0.2) is 5.41 Å². The predicted molar refractivity (Wildman–Crippen MR) is 105 cm³/mol. The molecule has 1 atom stereocenters. The molecule has 2 aromatic rings. The Kier molecular flexibility index (Phi) is 5.45. The van der Waals surface area contributed by atoms with Crippen molar-refractivity contribution in [3.8, 4) is 5.75 Å².